The van der Waals surface area contributed by atoms with Crippen molar-refractivity contribution in [1.29, 1.82) is 0 Å². The number of esters is 1. The van der Waals surface area contributed by atoms with Crippen molar-refractivity contribution in [3.63, 3.8) is 0 Å². The minimum absolute atomic E-state index is 0.0882. The summed E-state index contributed by atoms with van der Waals surface area (Å²) in [7, 11) is 2.72. The van der Waals surface area contributed by atoms with Gasteiger partial charge in [0.25, 0.3) is 5.91 Å². The number of carbonyl (C=O) groups is 2. The highest BCUT2D eigenvalue weighted by molar-refractivity contribution is 6.14. The minimum Gasteiger partial charge on any atom is -0.494 e. The summed E-state index contributed by atoms with van der Waals surface area (Å²) in [6, 6.07) is 15.2. The number of amides is 1. The maximum atomic E-state index is 13.8. The molecule has 0 radical (unpaired) electrons. The summed E-state index contributed by atoms with van der Waals surface area (Å²) in [4.78, 5) is 30.9. The first-order chi connectivity index (χ1) is 19.0. The number of halogens is 1. The summed E-state index contributed by atoms with van der Waals surface area (Å²) < 4.78 is 31.6. The highest BCUT2D eigenvalue weighted by atomic mass is 19.1. The number of carbonyl (C=O) groups excluding carboxylic acids is 2. The van der Waals surface area contributed by atoms with Gasteiger partial charge in [-0.2, -0.15) is 0 Å². The van der Waals surface area contributed by atoms with Crippen molar-refractivity contribution < 1.29 is 28.2 Å². The summed E-state index contributed by atoms with van der Waals surface area (Å²) in [5.74, 6) is -1.25. The Labute approximate surface area is 224 Å². The van der Waals surface area contributed by atoms with E-state index in [1.807, 2.05) is 12.1 Å². The van der Waals surface area contributed by atoms with Crippen LogP contribution in [0.4, 0.5) is 15.8 Å². The Morgan fingerprint density at radius 3 is 2.69 bits per heavy atom. The zero-order valence-corrected chi connectivity index (χ0v) is 21.7. The van der Waals surface area contributed by atoms with E-state index in [9.17, 15) is 14.0 Å². The number of anilines is 2. The van der Waals surface area contributed by atoms with Crippen molar-refractivity contribution in [3.8, 4) is 5.75 Å². The molecule has 4 aromatic rings. The largest absolute Gasteiger partial charge is 0.494 e. The lowest BCUT2D eigenvalue weighted by atomic mass is 10.2. The Morgan fingerprint density at radius 1 is 1.15 bits per heavy atom. The predicted octanol–water partition coefficient (Wildman–Crippen LogP) is 5.01. The normalized spacial score (nSPS) is 14.8. The molecule has 1 amide bonds. The molecule has 0 spiro atoms. The van der Waals surface area contributed by atoms with Crippen molar-refractivity contribution in [2.45, 2.75) is 32.0 Å². The molecule has 9 nitrogen and oxygen atoms in total. The molecule has 202 valence electrons. The van der Waals surface area contributed by atoms with Crippen LogP contribution in [0.3, 0.4) is 0 Å². The summed E-state index contributed by atoms with van der Waals surface area (Å²) in [5.41, 5.74) is 2.91. The quantitative estimate of drug-likeness (QED) is 0.292. The molecule has 2 aromatic carbocycles. The van der Waals surface area contributed by atoms with Crippen LogP contribution >= 0.6 is 0 Å². The number of hydrogen-bond acceptors (Lipinski definition) is 7. The van der Waals surface area contributed by atoms with E-state index in [0.717, 1.165) is 18.4 Å². The van der Waals surface area contributed by atoms with E-state index in [4.69, 9.17) is 14.2 Å². The van der Waals surface area contributed by atoms with E-state index in [2.05, 4.69) is 15.6 Å². The van der Waals surface area contributed by atoms with Gasteiger partial charge in [0.05, 0.1) is 44.4 Å². The van der Waals surface area contributed by atoms with Crippen LogP contribution in [0.15, 0.2) is 60.8 Å². The van der Waals surface area contributed by atoms with Crippen LogP contribution in [0.25, 0.3) is 11.0 Å². The number of hydrogen-bond donors (Lipinski definition) is 2. The highest BCUT2D eigenvalue weighted by Gasteiger charge is 2.29. The standard InChI is InChI=1S/C29H29FN4O5/c1-37-24-13-18(10-11-23(24)30)15-31-20-14-22-25(33-28(35)19-7-4-3-5-8-19)26(29(36)38-2)34(27(22)32-16-20)17-21-9-6-12-39-21/h3-5,7-8,10-11,13-14,16,21,31H,6,9,12,15,17H2,1-2H3,(H,33,35). The number of nitrogens with one attached hydrogen (secondary N) is 2. The maximum Gasteiger partial charge on any atom is 0.356 e. The van der Waals surface area contributed by atoms with E-state index in [1.54, 1.807) is 47.2 Å². The van der Waals surface area contributed by atoms with Crippen molar-refractivity contribution in [2.24, 2.45) is 0 Å². The van der Waals surface area contributed by atoms with Gasteiger partial charge in [-0.05, 0) is 48.7 Å². The topological polar surface area (TPSA) is 104 Å². The Balaban J connectivity index is 1.55. The maximum absolute atomic E-state index is 13.8. The molecular weight excluding hydrogens is 503 g/mol. The van der Waals surface area contributed by atoms with Crippen LogP contribution < -0.4 is 15.4 Å². The summed E-state index contributed by atoms with van der Waals surface area (Å²) >= 11 is 0. The fourth-order valence-electron chi connectivity index (χ4n) is 4.72. The van der Waals surface area contributed by atoms with Crippen LogP contribution in [0.1, 0.15) is 39.3 Å². The third kappa shape index (κ3) is 5.56. The lowest BCUT2D eigenvalue weighted by molar-refractivity contribution is 0.0580. The number of methoxy groups -OCH3 is 2. The number of ether oxygens (including phenoxy) is 3. The fourth-order valence-corrected chi connectivity index (χ4v) is 4.72. The molecule has 5 rings (SSSR count). The zero-order chi connectivity index (χ0) is 27.4. The second-order valence-electron chi connectivity index (χ2n) is 9.20. The summed E-state index contributed by atoms with van der Waals surface area (Å²) in [6.45, 7) is 1.41. The molecule has 0 bridgehead atoms. The van der Waals surface area contributed by atoms with Gasteiger partial charge in [-0.3, -0.25) is 4.79 Å². The second-order valence-corrected chi connectivity index (χ2v) is 9.20. The minimum atomic E-state index is -0.595. The van der Waals surface area contributed by atoms with Crippen LogP contribution in [0, 0.1) is 5.82 Å². The van der Waals surface area contributed by atoms with Crippen molar-refractivity contribution in [3.05, 3.63) is 83.4 Å². The fraction of sp³-hybridized carbons (Fsp3) is 0.276. The number of benzene rings is 2. The average Bonchev–Trinajstić information content (AvgIpc) is 3.59. The molecule has 1 atom stereocenters. The molecule has 2 aromatic heterocycles. The number of aromatic nitrogens is 2. The first kappa shape index (κ1) is 26.2. The van der Waals surface area contributed by atoms with Gasteiger partial charge < -0.3 is 29.4 Å². The van der Waals surface area contributed by atoms with E-state index in [1.165, 1.54) is 20.3 Å². The molecule has 1 unspecified atom stereocenters. The first-order valence-corrected chi connectivity index (χ1v) is 12.6. The van der Waals surface area contributed by atoms with E-state index in [-0.39, 0.29) is 23.5 Å². The van der Waals surface area contributed by atoms with Crippen LogP contribution in [-0.2, 0) is 22.6 Å². The first-order valence-electron chi connectivity index (χ1n) is 12.6. The number of pyridine rings is 1. The average molecular weight is 533 g/mol. The van der Waals surface area contributed by atoms with Gasteiger partial charge in [0, 0.05) is 24.1 Å². The molecule has 1 aliphatic heterocycles. The third-order valence-corrected chi connectivity index (χ3v) is 6.67. The van der Waals surface area contributed by atoms with Gasteiger partial charge in [-0.1, -0.05) is 24.3 Å². The third-order valence-electron chi connectivity index (χ3n) is 6.67. The molecule has 1 aliphatic rings. The monoisotopic (exact) mass is 532 g/mol. The number of nitrogens with zero attached hydrogens (tertiary/aromatic N) is 2. The van der Waals surface area contributed by atoms with Gasteiger partial charge >= 0.3 is 5.97 Å². The molecule has 39 heavy (non-hydrogen) atoms. The summed E-state index contributed by atoms with van der Waals surface area (Å²) in [6.07, 6.45) is 3.35. The molecule has 2 N–H and O–H groups in total. The van der Waals surface area contributed by atoms with E-state index < -0.39 is 11.8 Å². The molecule has 1 saturated heterocycles. The smallest absolute Gasteiger partial charge is 0.356 e. The van der Waals surface area contributed by atoms with Crippen LogP contribution in [0.2, 0.25) is 0 Å². The Kier molecular flexibility index (Phi) is 7.74. The Bertz CT molecular complexity index is 1500. The lowest BCUT2D eigenvalue weighted by Crippen LogP contribution is -2.21. The van der Waals surface area contributed by atoms with Gasteiger partial charge in [-0.15, -0.1) is 0 Å². The molecule has 0 saturated carbocycles. The van der Waals surface area contributed by atoms with Crippen LogP contribution in [0.5, 0.6) is 5.75 Å². The number of rotatable bonds is 9. The molecule has 3 heterocycles. The van der Waals surface area contributed by atoms with Gasteiger partial charge in [0.2, 0.25) is 0 Å². The molecule has 1 fully saturated rings. The van der Waals surface area contributed by atoms with Crippen molar-refractivity contribution >= 4 is 34.3 Å². The van der Waals surface area contributed by atoms with Crippen molar-refractivity contribution in [1.82, 2.24) is 9.55 Å². The Morgan fingerprint density at radius 2 is 1.97 bits per heavy atom. The molecule has 0 aliphatic carbocycles. The second kappa shape index (κ2) is 11.5. The predicted molar refractivity (Wildman–Crippen MR) is 145 cm³/mol. The number of fused-ring (bicyclic) bond motifs is 1. The molecular formula is C29H29FN4O5. The van der Waals surface area contributed by atoms with Gasteiger partial charge in [0.15, 0.2) is 17.3 Å². The summed E-state index contributed by atoms with van der Waals surface area (Å²) in [5, 5.41) is 6.77. The SMILES string of the molecule is COC(=O)c1c(NC(=O)c2ccccc2)c2cc(NCc3ccc(F)c(OC)c3)cnc2n1CC1CCCO1. The Hall–Kier alpha value is -4.44. The van der Waals surface area contributed by atoms with Crippen LogP contribution in [-0.4, -0.2) is 48.4 Å². The lowest BCUT2D eigenvalue weighted by Gasteiger charge is -2.14. The van der Waals surface area contributed by atoms with E-state index >= 15 is 0 Å². The zero-order valence-electron chi connectivity index (χ0n) is 21.7. The molecule has 10 heteroatoms. The van der Waals surface area contributed by atoms with Gasteiger partial charge in [-0.25, -0.2) is 14.2 Å². The van der Waals surface area contributed by atoms with E-state index in [0.29, 0.717) is 47.7 Å². The van der Waals surface area contributed by atoms with Crippen molar-refractivity contribution in [2.75, 3.05) is 31.5 Å². The highest BCUT2D eigenvalue weighted by Crippen LogP contribution is 2.34. The van der Waals surface area contributed by atoms with Gasteiger partial charge in [0.1, 0.15) is 5.65 Å².